The minimum absolute atomic E-state index is 0.0879. The van der Waals surface area contributed by atoms with Crippen molar-refractivity contribution in [3.63, 3.8) is 0 Å². The van der Waals surface area contributed by atoms with Crippen molar-refractivity contribution in [2.45, 2.75) is 18.9 Å². The van der Waals surface area contributed by atoms with Crippen molar-refractivity contribution in [3.05, 3.63) is 0 Å². The van der Waals surface area contributed by atoms with Gasteiger partial charge in [-0.1, -0.05) is 0 Å². The predicted octanol–water partition coefficient (Wildman–Crippen LogP) is -0.828. The summed E-state index contributed by atoms with van der Waals surface area (Å²) in [5.41, 5.74) is 5.55. The van der Waals surface area contributed by atoms with E-state index in [-0.39, 0.29) is 12.0 Å². The Bertz CT molecular complexity index is 243. The summed E-state index contributed by atoms with van der Waals surface area (Å²) in [6, 6.07) is 0. The van der Waals surface area contributed by atoms with Crippen LogP contribution in [0.2, 0.25) is 0 Å². The summed E-state index contributed by atoms with van der Waals surface area (Å²) >= 11 is 0. The van der Waals surface area contributed by atoms with Gasteiger partial charge in [0, 0.05) is 26.2 Å². The highest BCUT2D eigenvalue weighted by atomic mass is 16.5. The molecule has 0 aromatic heterocycles. The summed E-state index contributed by atoms with van der Waals surface area (Å²) in [6.07, 6.45) is 2.63. The van der Waals surface area contributed by atoms with Gasteiger partial charge < -0.3 is 15.8 Å². The van der Waals surface area contributed by atoms with Gasteiger partial charge in [-0.3, -0.25) is 9.69 Å². The molecule has 0 radical (unpaired) electrons. The van der Waals surface area contributed by atoms with Gasteiger partial charge in [-0.15, -0.1) is 0 Å². The first-order valence-corrected chi connectivity index (χ1v) is 6.08. The number of nitrogens with zero attached hydrogens (tertiary/aromatic N) is 1. The molecule has 0 bridgehead atoms. The first-order chi connectivity index (χ1) is 7.78. The fourth-order valence-electron chi connectivity index (χ4n) is 1.91. The number of nitrogens with one attached hydrogen (secondary N) is 1. The second-order valence-corrected chi connectivity index (χ2v) is 4.71. The van der Waals surface area contributed by atoms with E-state index in [0.717, 1.165) is 25.6 Å². The summed E-state index contributed by atoms with van der Waals surface area (Å²) in [4.78, 5) is 13.7. The number of carbonyl (C=O) groups is 1. The zero-order chi connectivity index (χ0) is 11.4. The van der Waals surface area contributed by atoms with E-state index < -0.39 is 0 Å². The Labute approximate surface area is 96.3 Å². The van der Waals surface area contributed by atoms with Gasteiger partial charge in [0.05, 0.1) is 19.3 Å². The molecular weight excluding hydrogens is 206 g/mol. The second kappa shape index (κ2) is 5.61. The molecule has 1 aliphatic heterocycles. The topological polar surface area (TPSA) is 67.6 Å². The smallest absolute Gasteiger partial charge is 0.234 e. The number of amides is 1. The second-order valence-electron chi connectivity index (χ2n) is 4.71. The minimum Gasteiger partial charge on any atom is -0.374 e. The van der Waals surface area contributed by atoms with Crippen LogP contribution in [0.3, 0.4) is 0 Å². The third-order valence-electron chi connectivity index (χ3n) is 3.14. The van der Waals surface area contributed by atoms with Gasteiger partial charge in [0.25, 0.3) is 0 Å². The Morgan fingerprint density at radius 2 is 2.31 bits per heavy atom. The van der Waals surface area contributed by atoms with Gasteiger partial charge in [-0.2, -0.15) is 0 Å². The van der Waals surface area contributed by atoms with Crippen LogP contribution in [0.4, 0.5) is 0 Å². The highest BCUT2D eigenvalue weighted by Gasteiger charge is 2.23. The normalized spacial score (nSPS) is 26.7. The van der Waals surface area contributed by atoms with Crippen LogP contribution in [0.15, 0.2) is 0 Å². The Balaban J connectivity index is 1.64. The first kappa shape index (κ1) is 11.8. The monoisotopic (exact) mass is 227 g/mol. The van der Waals surface area contributed by atoms with Gasteiger partial charge in [0.15, 0.2) is 0 Å². The molecule has 1 heterocycles. The summed E-state index contributed by atoms with van der Waals surface area (Å²) in [5, 5.41) is 2.97. The molecular formula is C11H21N3O2. The van der Waals surface area contributed by atoms with E-state index in [2.05, 4.69) is 10.2 Å². The largest absolute Gasteiger partial charge is 0.374 e. The van der Waals surface area contributed by atoms with Crippen LogP contribution in [0.1, 0.15) is 12.8 Å². The lowest BCUT2D eigenvalue weighted by Crippen LogP contribution is -2.49. The van der Waals surface area contributed by atoms with Crippen molar-refractivity contribution >= 4 is 5.91 Å². The van der Waals surface area contributed by atoms with Crippen LogP contribution in [0, 0.1) is 5.92 Å². The van der Waals surface area contributed by atoms with Crippen molar-refractivity contribution in [1.82, 2.24) is 10.2 Å². The Morgan fingerprint density at radius 1 is 1.50 bits per heavy atom. The molecule has 1 unspecified atom stereocenters. The van der Waals surface area contributed by atoms with E-state index in [1.54, 1.807) is 0 Å². The molecule has 1 amide bonds. The standard InChI is InChI=1S/C11H21N3O2/c12-5-10-7-14(3-4-16-10)8-11(15)13-6-9-1-2-9/h9-10H,1-8,12H2,(H,13,15). The summed E-state index contributed by atoms with van der Waals surface area (Å²) < 4.78 is 5.45. The molecule has 1 aliphatic carbocycles. The van der Waals surface area contributed by atoms with E-state index in [4.69, 9.17) is 10.5 Å². The molecule has 1 saturated heterocycles. The summed E-state index contributed by atoms with van der Waals surface area (Å²) in [5.74, 6) is 0.870. The fraction of sp³-hybridized carbons (Fsp3) is 0.909. The van der Waals surface area contributed by atoms with Gasteiger partial charge >= 0.3 is 0 Å². The van der Waals surface area contributed by atoms with Crippen LogP contribution in [0.25, 0.3) is 0 Å². The molecule has 1 atom stereocenters. The van der Waals surface area contributed by atoms with Crippen LogP contribution in [-0.2, 0) is 9.53 Å². The number of rotatable bonds is 5. The van der Waals surface area contributed by atoms with E-state index >= 15 is 0 Å². The predicted molar refractivity (Wildman–Crippen MR) is 61.0 cm³/mol. The molecule has 2 fully saturated rings. The zero-order valence-electron chi connectivity index (χ0n) is 9.65. The highest BCUT2D eigenvalue weighted by Crippen LogP contribution is 2.27. The lowest BCUT2D eigenvalue weighted by atomic mass is 10.2. The Hall–Kier alpha value is -0.650. The number of morpholine rings is 1. The average Bonchev–Trinajstić information content (AvgIpc) is 3.10. The number of carbonyl (C=O) groups excluding carboxylic acids is 1. The van der Waals surface area contributed by atoms with E-state index in [0.29, 0.717) is 19.7 Å². The SMILES string of the molecule is NCC1CN(CC(=O)NCC2CC2)CCO1. The molecule has 2 aliphatic rings. The van der Waals surface area contributed by atoms with Crippen molar-refractivity contribution in [3.8, 4) is 0 Å². The molecule has 0 aromatic carbocycles. The highest BCUT2D eigenvalue weighted by molar-refractivity contribution is 5.78. The van der Waals surface area contributed by atoms with Crippen molar-refractivity contribution in [2.75, 3.05) is 39.3 Å². The van der Waals surface area contributed by atoms with Crippen LogP contribution in [0.5, 0.6) is 0 Å². The molecule has 1 saturated carbocycles. The maximum Gasteiger partial charge on any atom is 0.234 e. The van der Waals surface area contributed by atoms with Crippen molar-refractivity contribution < 1.29 is 9.53 Å². The maximum atomic E-state index is 11.6. The number of nitrogens with two attached hydrogens (primary N) is 1. The quantitative estimate of drug-likeness (QED) is 0.643. The molecule has 5 nitrogen and oxygen atoms in total. The molecule has 92 valence electrons. The minimum atomic E-state index is 0.0879. The Morgan fingerprint density at radius 3 is 3.00 bits per heavy atom. The number of hydrogen-bond acceptors (Lipinski definition) is 4. The maximum absolute atomic E-state index is 11.6. The van der Waals surface area contributed by atoms with Crippen LogP contribution < -0.4 is 11.1 Å². The molecule has 0 aromatic rings. The number of hydrogen-bond donors (Lipinski definition) is 2. The van der Waals surface area contributed by atoms with Gasteiger partial charge in [0.1, 0.15) is 0 Å². The van der Waals surface area contributed by atoms with Crippen LogP contribution in [-0.4, -0.2) is 56.2 Å². The molecule has 16 heavy (non-hydrogen) atoms. The lowest BCUT2D eigenvalue weighted by Gasteiger charge is -2.31. The summed E-state index contributed by atoms with van der Waals surface area (Å²) in [7, 11) is 0. The first-order valence-electron chi connectivity index (χ1n) is 6.08. The molecule has 5 heteroatoms. The van der Waals surface area contributed by atoms with Gasteiger partial charge in [-0.25, -0.2) is 0 Å². The third kappa shape index (κ3) is 3.73. The van der Waals surface area contributed by atoms with Crippen molar-refractivity contribution in [2.24, 2.45) is 11.7 Å². The molecule has 2 rings (SSSR count). The number of ether oxygens (including phenoxy) is 1. The lowest BCUT2D eigenvalue weighted by molar-refractivity contribution is -0.124. The van der Waals surface area contributed by atoms with E-state index in [1.807, 2.05) is 0 Å². The van der Waals surface area contributed by atoms with Crippen molar-refractivity contribution in [1.29, 1.82) is 0 Å². The fourth-order valence-corrected chi connectivity index (χ4v) is 1.91. The summed E-state index contributed by atoms with van der Waals surface area (Å²) in [6.45, 7) is 4.13. The average molecular weight is 227 g/mol. The van der Waals surface area contributed by atoms with Crippen LogP contribution >= 0.6 is 0 Å². The Kier molecular flexibility index (Phi) is 4.15. The van der Waals surface area contributed by atoms with E-state index in [1.165, 1.54) is 12.8 Å². The van der Waals surface area contributed by atoms with Gasteiger partial charge in [-0.05, 0) is 18.8 Å². The molecule has 0 spiro atoms. The molecule has 3 N–H and O–H groups in total. The van der Waals surface area contributed by atoms with Gasteiger partial charge in [0.2, 0.25) is 5.91 Å². The van der Waals surface area contributed by atoms with E-state index in [9.17, 15) is 4.79 Å². The third-order valence-corrected chi connectivity index (χ3v) is 3.14. The zero-order valence-corrected chi connectivity index (χ0v) is 9.65.